The molecule has 144 valence electrons. The molecular formula is C21H18F2N2O3. The van der Waals surface area contributed by atoms with Gasteiger partial charge >= 0.3 is 6.61 Å². The number of carbonyl (C=O) groups is 1. The van der Waals surface area contributed by atoms with Gasteiger partial charge in [0.1, 0.15) is 17.2 Å². The number of rotatable bonds is 5. The summed E-state index contributed by atoms with van der Waals surface area (Å²) < 4.78 is 34.6. The van der Waals surface area contributed by atoms with Crippen molar-refractivity contribution in [3.05, 3.63) is 83.1 Å². The molecule has 0 fully saturated rings. The topological polar surface area (TPSA) is 55.6 Å². The maximum atomic E-state index is 12.7. The van der Waals surface area contributed by atoms with Crippen LogP contribution in [0.3, 0.4) is 0 Å². The van der Waals surface area contributed by atoms with Crippen LogP contribution in [0.1, 0.15) is 33.3 Å². The predicted molar refractivity (Wildman–Crippen MR) is 97.3 cm³/mol. The Morgan fingerprint density at radius 1 is 1.14 bits per heavy atom. The van der Waals surface area contributed by atoms with Crippen molar-refractivity contribution in [3.63, 3.8) is 0 Å². The van der Waals surface area contributed by atoms with Crippen molar-refractivity contribution in [1.82, 2.24) is 9.88 Å². The summed E-state index contributed by atoms with van der Waals surface area (Å²) in [4.78, 5) is 19.0. The molecule has 0 unspecified atom stereocenters. The van der Waals surface area contributed by atoms with Crippen LogP contribution >= 0.6 is 0 Å². The number of ether oxygens (including phenoxy) is 1. The van der Waals surface area contributed by atoms with Crippen LogP contribution in [0.25, 0.3) is 0 Å². The molecule has 0 N–H and O–H groups in total. The number of carbonyl (C=O) groups excluding carboxylic acids is 1. The number of alkyl halides is 2. The van der Waals surface area contributed by atoms with Crippen LogP contribution in [-0.2, 0) is 19.4 Å². The first kappa shape index (κ1) is 18.2. The highest BCUT2D eigenvalue weighted by molar-refractivity contribution is 5.94. The second kappa shape index (κ2) is 7.80. The average molecular weight is 384 g/mol. The molecule has 0 radical (unpaired) electrons. The van der Waals surface area contributed by atoms with Crippen LogP contribution < -0.4 is 4.74 Å². The van der Waals surface area contributed by atoms with Gasteiger partial charge in [-0.25, -0.2) is 4.98 Å². The van der Waals surface area contributed by atoms with Crippen molar-refractivity contribution in [2.24, 2.45) is 0 Å². The molecule has 0 saturated heterocycles. The van der Waals surface area contributed by atoms with Crippen LogP contribution in [-0.4, -0.2) is 28.9 Å². The van der Waals surface area contributed by atoms with Crippen LogP contribution in [0.5, 0.6) is 5.75 Å². The summed E-state index contributed by atoms with van der Waals surface area (Å²) in [5.41, 5.74) is 2.29. The third-order valence-corrected chi connectivity index (χ3v) is 4.58. The van der Waals surface area contributed by atoms with Crippen molar-refractivity contribution >= 4 is 5.91 Å². The normalized spacial score (nSPS) is 13.5. The minimum absolute atomic E-state index is 0.0227. The smallest absolute Gasteiger partial charge is 0.387 e. The van der Waals surface area contributed by atoms with Crippen molar-refractivity contribution in [2.45, 2.75) is 26.0 Å². The molecule has 0 aliphatic carbocycles. The molecule has 1 aliphatic rings. The summed E-state index contributed by atoms with van der Waals surface area (Å²) in [5.74, 6) is 1.30. The zero-order valence-corrected chi connectivity index (χ0v) is 15.0. The quantitative estimate of drug-likeness (QED) is 0.666. The van der Waals surface area contributed by atoms with Gasteiger partial charge in [0, 0.05) is 24.9 Å². The standard InChI is InChI=1S/C21H18F2N2O3/c22-21(23)27-16-8-6-15(7-9-16)20(26)25-11-10-18-17(13-25)24-19(28-18)12-14-4-2-1-3-5-14/h1-9,21H,10-13H2. The molecule has 1 aliphatic heterocycles. The molecule has 7 heteroatoms. The van der Waals surface area contributed by atoms with Crippen LogP contribution in [0.15, 0.2) is 59.0 Å². The van der Waals surface area contributed by atoms with E-state index < -0.39 is 6.61 Å². The maximum Gasteiger partial charge on any atom is 0.387 e. The zero-order valence-electron chi connectivity index (χ0n) is 15.0. The van der Waals surface area contributed by atoms with Crippen molar-refractivity contribution in [3.8, 4) is 5.75 Å². The molecule has 28 heavy (non-hydrogen) atoms. The van der Waals surface area contributed by atoms with E-state index in [2.05, 4.69) is 9.72 Å². The van der Waals surface area contributed by atoms with E-state index in [-0.39, 0.29) is 11.7 Å². The fourth-order valence-corrected chi connectivity index (χ4v) is 3.23. The van der Waals surface area contributed by atoms with E-state index in [9.17, 15) is 13.6 Å². The van der Waals surface area contributed by atoms with Gasteiger partial charge in [0.25, 0.3) is 5.91 Å². The highest BCUT2D eigenvalue weighted by atomic mass is 19.3. The third-order valence-electron chi connectivity index (χ3n) is 4.58. The van der Waals surface area contributed by atoms with Gasteiger partial charge in [0.05, 0.1) is 6.54 Å². The lowest BCUT2D eigenvalue weighted by Crippen LogP contribution is -2.35. The van der Waals surface area contributed by atoms with Crippen molar-refractivity contribution in [1.29, 1.82) is 0 Å². The molecular weight excluding hydrogens is 366 g/mol. The predicted octanol–water partition coefficient (Wildman–Crippen LogP) is 4.07. The number of halogens is 2. The Morgan fingerprint density at radius 3 is 2.61 bits per heavy atom. The Kier molecular flexibility index (Phi) is 5.06. The second-order valence-electron chi connectivity index (χ2n) is 6.52. The lowest BCUT2D eigenvalue weighted by Gasteiger charge is -2.25. The molecule has 1 amide bonds. The molecule has 0 atom stereocenters. The van der Waals surface area contributed by atoms with Gasteiger partial charge in [0.15, 0.2) is 5.89 Å². The number of aromatic nitrogens is 1. The second-order valence-corrected chi connectivity index (χ2v) is 6.52. The first-order chi connectivity index (χ1) is 13.6. The van der Waals surface area contributed by atoms with Gasteiger partial charge in [-0.1, -0.05) is 30.3 Å². The van der Waals surface area contributed by atoms with Gasteiger partial charge in [-0.2, -0.15) is 8.78 Å². The molecule has 3 aromatic rings. The summed E-state index contributed by atoms with van der Waals surface area (Å²) in [6.45, 7) is -2.01. The molecule has 4 rings (SSSR count). The van der Waals surface area contributed by atoms with Crippen molar-refractivity contribution in [2.75, 3.05) is 6.54 Å². The van der Waals surface area contributed by atoms with Gasteiger partial charge in [-0.3, -0.25) is 4.79 Å². The van der Waals surface area contributed by atoms with E-state index >= 15 is 0 Å². The summed E-state index contributed by atoms with van der Waals surface area (Å²) in [5, 5.41) is 0. The number of oxazole rings is 1. The van der Waals surface area contributed by atoms with E-state index in [0.29, 0.717) is 37.4 Å². The Labute approximate surface area is 160 Å². The highest BCUT2D eigenvalue weighted by Gasteiger charge is 2.26. The molecule has 0 bridgehead atoms. The van der Waals surface area contributed by atoms with Crippen LogP contribution in [0.4, 0.5) is 8.78 Å². The summed E-state index contributed by atoms with van der Waals surface area (Å²) in [6, 6.07) is 15.6. The monoisotopic (exact) mass is 384 g/mol. The Balaban J connectivity index is 1.44. The Morgan fingerprint density at radius 2 is 1.89 bits per heavy atom. The summed E-state index contributed by atoms with van der Waals surface area (Å²) in [7, 11) is 0. The number of fused-ring (bicyclic) bond motifs is 1. The first-order valence-electron chi connectivity index (χ1n) is 8.94. The number of amides is 1. The van der Waals surface area contributed by atoms with Gasteiger partial charge < -0.3 is 14.1 Å². The average Bonchev–Trinajstić information content (AvgIpc) is 3.09. The van der Waals surface area contributed by atoms with Gasteiger partial charge in [-0.05, 0) is 29.8 Å². The Hall–Kier alpha value is -3.22. The molecule has 1 aromatic heterocycles. The molecule has 2 heterocycles. The largest absolute Gasteiger partial charge is 0.445 e. The van der Waals surface area contributed by atoms with E-state index in [1.165, 1.54) is 24.3 Å². The van der Waals surface area contributed by atoms with Crippen LogP contribution in [0, 0.1) is 0 Å². The molecule has 2 aromatic carbocycles. The van der Waals surface area contributed by atoms with E-state index in [4.69, 9.17) is 4.42 Å². The number of nitrogens with zero attached hydrogens (tertiary/aromatic N) is 2. The Bertz CT molecular complexity index is 956. The van der Waals surface area contributed by atoms with Crippen molar-refractivity contribution < 1.29 is 22.7 Å². The highest BCUT2D eigenvalue weighted by Crippen LogP contribution is 2.23. The SMILES string of the molecule is O=C(c1ccc(OC(F)F)cc1)N1CCc2oc(Cc3ccccc3)nc2C1. The molecule has 0 spiro atoms. The number of benzene rings is 2. The molecule has 0 saturated carbocycles. The van der Waals surface area contributed by atoms with E-state index in [1.807, 2.05) is 30.3 Å². The van der Waals surface area contributed by atoms with Gasteiger partial charge in [0.2, 0.25) is 0 Å². The summed E-state index contributed by atoms with van der Waals surface area (Å²) in [6.07, 6.45) is 1.20. The lowest BCUT2D eigenvalue weighted by atomic mass is 10.1. The van der Waals surface area contributed by atoms with E-state index in [1.54, 1.807) is 4.90 Å². The zero-order chi connectivity index (χ0) is 19.5. The maximum absolute atomic E-state index is 12.7. The number of hydrogen-bond acceptors (Lipinski definition) is 4. The molecule has 5 nitrogen and oxygen atoms in total. The number of hydrogen-bond donors (Lipinski definition) is 0. The third kappa shape index (κ3) is 4.03. The fourth-order valence-electron chi connectivity index (χ4n) is 3.23. The lowest BCUT2D eigenvalue weighted by molar-refractivity contribution is -0.0498. The minimum atomic E-state index is -2.89. The van der Waals surface area contributed by atoms with E-state index in [0.717, 1.165) is 17.0 Å². The van der Waals surface area contributed by atoms with Gasteiger partial charge in [-0.15, -0.1) is 0 Å². The minimum Gasteiger partial charge on any atom is -0.445 e. The summed E-state index contributed by atoms with van der Waals surface area (Å²) >= 11 is 0. The first-order valence-corrected chi connectivity index (χ1v) is 8.94. The van der Waals surface area contributed by atoms with Crippen LogP contribution in [0.2, 0.25) is 0 Å². The fraction of sp³-hybridized carbons (Fsp3) is 0.238.